The second-order valence-electron chi connectivity index (χ2n) is 4.85. The van der Waals surface area contributed by atoms with Gasteiger partial charge in [-0.05, 0) is 32.1 Å². The first-order valence-electron chi connectivity index (χ1n) is 5.81. The molecule has 14 heavy (non-hydrogen) atoms. The first kappa shape index (κ1) is 11.5. The fraction of sp³-hybridized carbons (Fsp3) is 0.917. The molecule has 0 saturated heterocycles. The van der Waals surface area contributed by atoms with Gasteiger partial charge in [-0.25, -0.2) is 0 Å². The third-order valence-electron chi connectivity index (χ3n) is 3.35. The molecule has 1 saturated carbocycles. The Kier molecular flexibility index (Phi) is 3.95. The van der Waals surface area contributed by atoms with Gasteiger partial charge in [-0.1, -0.05) is 26.7 Å². The average molecular weight is 194 g/mol. The standard InChI is InChI=1S/C12H22N2/c1-4-11(3)14-12(9-13)7-5-6-10(2)8-12/h10-11,14H,4-8H2,1-3H3. The normalized spacial score (nSPS) is 34.9. The Labute approximate surface area is 87.7 Å². The van der Waals surface area contributed by atoms with Crippen molar-refractivity contribution < 1.29 is 0 Å². The molecule has 3 unspecified atom stereocenters. The average Bonchev–Trinajstić information content (AvgIpc) is 2.17. The fourth-order valence-electron chi connectivity index (χ4n) is 2.39. The van der Waals surface area contributed by atoms with Crippen molar-refractivity contribution in [3.63, 3.8) is 0 Å². The zero-order valence-corrected chi connectivity index (χ0v) is 9.64. The minimum absolute atomic E-state index is 0.229. The first-order chi connectivity index (χ1) is 6.62. The third kappa shape index (κ3) is 2.72. The maximum Gasteiger partial charge on any atom is 0.107 e. The van der Waals surface area contributed by atoms with Gasteiger partial charge in [0.15, 0.2) is 0 Å². The van der Waals surface area contributed by atoms with Gasteiger partial charge >= 0.3 is 0 Å². The van der Waals surface area contributed by atoms with Crippen LogP contribution in [0.5, 0.6) is 0 Å². The number of rotatable bonds is 3. The monoisotopic (exact) mass is 194 g/mol. The summed E-state index contributed by atoms with van der Waals surface area (Å²) in [6.45, 7) is 6.58. The number of hydrogen-bond acceptors (Lipinski definition) is 2. The lowest BCUT2D eigenvalue weighted by atomic mass is 9.77. The maximum absolute atomic E-state index is 9.29. The van der Waals surface area contributed by atoms with Crippen LogP contribution in [0.1, 0.15) is 52.9 Å². The number of nitrogens with zero attached hydrogens (tertiary/aromatic N) is 1. The molecule has 1 aliphatic carbocycles. The van der Waals surface area contributed by atoms with E-state index in [9.17, 15) is 5.26 Å². The van der Waals surface area contributed by atoms with E-state index in [0.717, 1.165) is 19.3 Å². The van der Waals surface area contributed by atoms with Crippen LogP contribution in [0.2, 0.25) is 0 Å². The van der Waals surface area contributed by atoms with Crippen LogP contribution in [0.3, 0.4) is 0 Å². The van der Waals surface area contributed by atoms with Crippen LogP contribution in [-0.2, 0) is 0 Å². The minimum atomic E-state index is -0.229. The molecule has 0 amide bonds. The van der Waals surface area contributed by atoms with Crippen molar-refractivity contribution >= 4 is 0 Å². The van der Waals surface area contributed by atoms with Crippen molar-refractivity contribution in [3.05, 3.63) is 0 Å². The Hall–Kier alpha value is -0.550. The van der Waals surface area contributed by atoms with E-state index in [2.05, 4.69) is 32.2 Å². The van der Waals surface area contributed by atoms with Gasteiger partial charge in [0, 0.05) is 6.04 Å². The topological polar surface area (TPSA) is 35.8 Å². The molecule has 0 spiro atoms. The van der Waals surface area contributed by atoms with E-state index in [1.165, 1.54) is 12.8 Å². The molecule has 1 N–H and O–H groups in total. The molecule has 1 rings (SSSR count). The van der Waals surface area contributed by atoms with Gasteiger partial charge < -0.3 is 0 Å². The molecule has 0 aromatic rings. The SMILES string of the molecule is CCC(C)NC1(C#N)CCCC(C)C1. The van der Waals surface area contributed by atoms with E-state index < -0.39 is 0 Å². The quantitative estimate of drug-likeness (QED) is 0.750. The van der Waals surface area contributed by atoms with Crippen LogP contribution in [0, 0.1) is 17.2 Å². The van der Waals surface area contributed by atoms with Crippen LogP contribution in [0.15, 0.2) is 0 Å². The Morgan fingerprint density at radius 3 is 2.86 bits per heavy atom. The van der Waals surface area contributed by atoms with Crippen molar-refractivity contribution in [2.75, 3.05) is 0 Å². The van der Waals surface area contributed by atoms with Crippen LogP contribution in [-0.4, -0.2) is 11.6 Å². The molecule has 0 heterocycles. The van der Waals surface area contributed by atoms with E-state index in [4.69, 9.17) is 0 Å². The van der Waals surface area contributed by atoms with Crippen molar-refractivity contribution in [1.29, 1.82) is 5.26 Å². The Balaban J connectivity index is 2.61. The van der Waals surface area contributed by atoms with Gasteiger partial charge in [-0.2, -0.15) is 5.26 Å². The van der Waals surface area contributed by atoms with E-state index in [1.807, 2.05) is 0 Å². The van der Waals surface area contributed by atoms with Gasteiger partial charge in [-0.15, -0.1) is 0 Å². The summed E-state index contributed by atoms with van der Waals surface area (Å²) in [5, 5.41) is 12.8. The van der Waals surface area contributed by atoms with Gasteiger partial charge in [0.05, 0.1) is 6.07 Å². The highest BCUT2D eigenvalue weighted by atomic mass is 15.0. The fourth-order valence-corrected chi connectivity index (χ4v) is 2.39. The third-order valence-corrected chi connectivity index (χ3v) is 3.35. The molecule has 0 bridgehead atoms. The maximum atomic E-state index is 9.29. The van der Waals surface area contributed by atoms with Crippen LogP contribution in [0.25, 0.3) is 0 Å². The molecule has 0 aliphatic heterocycles. The molecule has 1 aliphatic rings. The van der Waals surface area contributed by atoms with E-state index >= 15 is 0 Å². The smallest absolute Gasteiger partial charge is 0.107 e. The van der Waals surface area contributed by atoms with Crippen molar-refractivity contribution in [3.8, 4) is 6.07 Å². The summed E-state index contributed by atoms with van der Waals surface area (Å²) in [7, 11) is 0. The summed E-state index contributed by atoms with van der Waals surface area (Å²) < 4.78 is 0. The molecule has 0 aromatic carbocycles. The van der Waals surface area contributed by atoms with Crippen LogP contribution in [0.4, 0.5) is 0 Å². The molecule has 80 valence electrons. The summed E-state index contributed by atoms with van der Waals surface area (Å²) in [5.41, 5.74) is -0.229. The summed E-state index contributed by atoms with van der Waals surface area (Å²) in [5.74, 6) is 0.694. The predicted molar refractivity (Wildman–Crippen MR) is 58.9 cm³/mol. The highest BCUT2D eigenvalue weighted by molar-refractivity contribution is 5.10. The highest BCUT2D eigenvalue weighted by Crippen LogP contribution is 2.32. The predicted octanol–water partition coefficient (Wildman–Crippen LogP) is 2.85. The molecule has 3 atom stereocenters. The Bertz CT molecular complexity index is 219. The van der Waals surface area contributed by atoms with Gasteiger partial charge in [-0.3, -0.25) is 5.32 Å². The zero-order chi connectivity index (χ0) is 10.6. The summed E-state index contributed by atoms with van der Waals surface area (Å²) in [4.78, 5) is 0. The molecule has 2 heteroatoms. The molecular formula is C12H22N2. The van der Waals surface area contributed by atoms with Gasteiger partial charge in [0.2, 0.25) is 0 Å². The van der Waals surface area contributed by atoms with Gasteiger partial charge in [0.25, 0.3) is 0 Å². The highest BCUT2D eigenvalue weighted by Gasteiger charge is 2.35. The number of hydrogen-bond donors (Lipinski definition) is 1. The Morgan fingerprint density at radius 1 is 1.64 bits per heavy atom. The van der Waals surface area contributed by atoms with Crippen LogP contribution < -0.4 is 5.32 Å². The lowest BCUT2D eigenvalue weighted by Crippen LogP contribution is -2.50. The molecular weight excluding hydrogens is 172 g/mol. The molecule has 2 nitrogen and oxygen atoms in total. The lowest BCUT2D eigenvalue weighted by Gasteiger charge is -2.37. The Morgan fingerprint density at radius 2 is 2.36 bits per heavy atom. The van der Waals surface area contributed by atoms with E-state index in [0.29, 0.717) is 12.0 Å². The van der Waals surface area contributed by atoms with Crippen LogP contribution >= 0.6 is 0 Å². The summed E-state index contributed by atoms with van der Waals surface area (Å²) >= 11 is 0. The molecule has 1 fully saturated rings. The molecule has 0 aromatic heterocycles. The number of nitriles is 1. The second kappa shape index (κ2) is 4.79. The minimum Gasteiger partial charge on any atom is -0.297 e. The van der Waals surface area contributed by atoms with Crippen molar-refractivity contribution in [2.45, 2.75) is 64.5 Å². The first-order valence-corrected chi connectivity index (χ1v) is 5.81. The lowest BCUT2D eigenvalue weighted by molar-refractivity contribution is 0.223. The van der Waals surface area contributed by atoms with Gasteiger partial charge in [0.1, 0.15) is 5.54 Å². The van der Waals surface area contributed by atoms with E-state index in [-0.39, 0.29) is 5.54 Å². The van der Waals surface area contributed by atoms with E-state index in [1.54, 1.807) is 0 Å². The van der Waals surface area contributed by atoms with Crippen molar-refractivity contribution in [1.82, 2.24) is 5.32 Å². The number of nitrogens with one attached hydrogen (secondary N) is 1. The van der Waals surface area contributed by atoms with Crippen molar-refractivity contribution in [2.24, 2.45) is 5.92 Å². The summed E-state index contributed by atoms with van der Waals surface area (Å²) in [6.07, 6.45) is 5.62. The summed E-state index contributed by atoms with van der Waals surface area (Å²) in [6, 6.07) is 2.96. The zero-order valence-electron chi connectivity index (χ0n) is 9.64. The molecule has 0 radical (unpaired) electrons. The second-order valence-corrected chi connectivity index (χ2v) is 4.85. The largest absolute Gasteiger partial charge is 0.297 e.